The number of carbonyl (C=O) groups excluding carboxylic acids is 1. The maximum Gasteiger partial charge on any atom is 0.410 e. The van der Waals surface area contributed by atoms with Crippen LogP contribution in [0.3, 0.4) is 0 Å². The zero-order valence-corrected chi connectivity index (χ0v) is 24.9. The lowest BCUT2D eigenvalue weighted by molar-refractivity contribution is -0.0103. The molecule has 2 bridgehead atoms. The van der Waals surface area contributed by atoms with Gasteiger partial charge in [-0.3, -0.25) is 4.90 Å². The molecule has 2 saturated heterocycles. The van der Waals surface area contributed by atoms with E-state index in [0.29, 0.717) is 40.3 Å². The number of benzene rings is 1. The van der Waals surface area contributed by atoms with E-state index in [4.69, 9.17) is 18.9 Å². The Morgan fingerprint density at radius 1 is 1.17 bits per heavy atom. The summed E-state index contributed by atoms with van der Waals surface area (Å²) in [4.78, 5) is 24.7. The predicted octanol–water partition coefficient (Wildman–Crippen LogP) is 4.97. The van der Waals surface area contributed by atoms with Crippen molar-refractivity contribution in [2.45, 2.75) is 69.9 Å². The number of aromatic nitrogens is 4. The van der Waals surface area contributed by atoms with E-state index in [1.54, 1.807) is 25.2 Å². The molecule has 1 aromatic carbocycles. The van der Waals surface area contributed by atoms with E-state index in [1.807, 2.05) is 50.9 Å². The normalized spacial score (nSPS) is 22.0. The zero-order chi connectivity index (χ0) is 29.3. The molecule has 5 rings (SSSR count). The van der Waals surface area contributed by atoms with Crippen molar-refractivity contribution in [2.75, 3.05) is 33.0 Å². The SMILES string of the molecule is COCOc1cc(-c2cc(OC)ncn2)ccc1-c1nnc(N(C)[C@@H]2CC3CCC([C@@H]2F)N3C(=O)OC(C)(C)C)s1. The highest BCUT2D eigenvalue weighted by Gasteiger charge is 2.52. The highest BCUT2D eigenvalue weighted by Crippen LogP contribution is 2.43. The van der Waals surface area contributed by atoms with Gasteiger partial charge in [-0.2, -0.15) is 0 Å². The summed E-state index contributed by atoms with van der Waals surface area (Å²) in [6.45, 7) is 5.50. The molecule has 3 aromatic rings. The van der Waals surface area contributed by atoms with Gasteiger partial charge >= 0.3 is 6.09 Å². The number of ether oxygens (including phenoxy) is 4. The van der Waals surface area contributed by atoms with Crippen LogP contribution in [0.5, 0.6) is 11.6 Å². The number of amides is 1. The lowest BCUT2D eigenvalue weighted by Crippen LogP contribution is -2.59. The molecule has 4 atom stereocenters. The Kier molecular flexibility index (Phi) is 8.28. The second-order valence-corrected chi connectivity index (χ2v) is 12.1. The highest BCUT2D eigenvalue weighted by molar-refractivity contribution is 7.18. The van der Waals surface area contributed by atoms with Gasteiger partial charge in [-0.15, -0.1) is 10.2 Å². The third-order valence-corrected chi connectivity index (χ3v) is 8.35. The molecule has 13 heteroatoms. The molecule has 0 saturated carbocycles. The van der Waals surface area contributed by atoms with Crippen molar-refractivity contribution in [3.05, 3.63) is 30.6 Å². The molecule has 2 aliphatic heterocycles. The van der Waals surface area contributed by atoms with Gasteiger partial charge in [0.1, 0.15) is 23.8 Å². The lowest BCUT2D eigenvalue weighted by atomic mass is 9.95. The van der Waals surface area contributed by atoms with Gasteiger partial charge in [0, 0.05) is 31.8 Å². The van der Waals surface area contributed by atoms with Gasteiger partial charge in [-0.05, 0) is 52.2 Å². The Balaban J connectivity index is 1.37. The maximum absolute atomic E-state index is 15.9. The van der Waals surface area contributed by atoms with Crippen molar-refractivity contribution in [2.24, 2.45) is 0 Å². The largest absolute Gasteiger partial charge is 0.481 e. The summed E-state index contributed by atoms with van der Waals surface area (Å²) in [6, 6.07) is 6.34. The van der Waals surface area contributed by atoms with Crippen LogP contribution >= 0.6 is 11.3 Å². The number of hydrogen-bond acceptors (Lipinski definition) is 11. The number of methoxy groups -OCH3 is 2. The first-order chi connectivity index (χ1) is 19.6. The fraction of sp³-hybridized carbons (Fsp3) is 0.536. The maximum atomic E-state index is 15.9. The molecule has 0 N–H and O–H groups in total. The minimum Gasteiger partial charge on any atom is -0.481 e. The minimum atomic E-state index is -1.25. The van der Waals surface area contributed by atoms with E-state index in [9.17, 15) is 4.79 Å². The van der Waals surface area contributed by atoms with Gasteiger partial charge < -0.3 is 23.8 Å². The summed E-state index contributed by atoms with van der Waals surface area (Å²) in [5.41, 5.74) is 1.56. The minimum absolute atomic E-state index is 0.0393. The first-order valence-electron chi connectivity index (χ1n) is 13.4. The Labute approximate surface area is 242 Å². The first kappa shape index (κ1) is 28.9. The van der Waals surface area contributed by atoms with E-state index in [0.717, 1.165) is 17.5 Å². The van der Waals surface area contributed by atoms with Crippen LogP contribution in [0, 0.1) is 0 Å². The van der Waals surface area contributed by atoms with Crippen molar-refractivity contribution in [1.29, 1.82) is 0 Å². The fourth-order valence-corrected chi connectivity index (χ4v) is 6.30. The number of carbonyl (C=O) groups is 1. The number of fused-ring (bicyclic) bond motifs is 2. The van der Waals surface area contributed by atoms with Crippen LogP contribution in [0.2, 0.25) is 0 Å². The number of hydrogen-bond donors (Lipinski definition) is 0. The summed E-state index contributed by atoms with van der Waals surface area (Å²) in [5, 5.41) is 10.0. The summed E-state index contributed by atoms with van der Waals surface area (Å²) >= 11 is 1.35. The van der Waals surface area contributed by atoms with Crippen LogP contribution in [0.4, 0.5) is 14.3 Å². The Morgan fingerprint density at radius 3 is 2.71 bits per heavy atom. The number of halogens is 1. The molecule has 0 aliphatic carbocycles. The molecule has 11 nitrogen and oxygen atoms in total. The Morgan fingerprint density at radius 2 is 1.98 bits per heavy atom. The molecule has 41 heavy (non-hydrogen) atoms. The quantitative estimate of drug-likeness (QED) is 0.336. The third kappa shape index (κ3) is 6.05. The smallest absolute Gasteiger partial charge is 0.410 e. The van der Waals surface area contributed by atoms with Crippen molar-refractivity contribution in [3.8, 4) is 33.5 Å². The molecule has 220 valence electrons. The van der Waals surface area contributed by atoms with Gasteiger partial charge in [-0.1, -0.05) is 17.4 Å². The standard InChI is InChI=1S/C28H35FN6O5S/c1-28(2,3)40-27(36)35-17-8-10-20(35)24(29)21(12-17)34(4)26-33-32-25(41-26)18-9-7-16(11-22(18)39-15-37-5)19-13-23(38-6)31-14-30-19/h7,9,11,13-14,17,20-21,24H,8,10,12,15H2,1-6H3/t17?,20?,21-,24+/m1/s1. The summed E-state index contributed by atoms with van der Waals surface area (Å²) in [7, 11) is 4.93. The number of piperidine rings is 1. The van der Waals surface area contributed by atoms with Gasteiger partial charge in [0.2, 0.25) is 11.0 Å². The highest BCUT2D eigenvalue weighted by atomic mass is 32.1. The molecule has 4 heterocycles. The predicted molar refractivity (Wildman–Crippen MR) is 152 cm³/mol. The second-order valence-electron chi connectivity index (χ2n) is 11.1. The van der Waals surface area contributed by atoms with Crippen LogP contribution in [0.25, 0.3) is 21.8 Å². The fourth-order valence-electron chi connectivity index (χ4n) is 5.41. The van der Waals surface area contributed by atoms with Crippen LogP contribution in [-0.4, -0.2) is 89.1 Å². The molecule has 2 aliphatic rings. The van der Waals surface area contributed by atoms with Crippen molar-refractivity contribution in [3.63, 3.8) is 0 Å². The van der Waals surface area contributed by atoms with Crippen LogP contribution in [0.15, 0.2) is 30.6 Å². The summed E-state index contributed by atoms with van der Waals surface area (Å²) in [5.74, 6) is 0.992. The lowest BCUT2D eigenvalue weighted by Gasteiger charge is -2.44. The zero-order valence-electron chi connectivity index (χ0n) is 24.0. The number of alkyl halides is 1. The first-order valence-corrected chi connectivity index (χ1v) is 14.3. The Bertz CT molecular complexity index is 1380. The molecule has 0 radical (unpaired) electrons. The molecule has 2 unspecified atom stereocenters. The van der Waals surface area contributed by atoms with E-state index in [1.165, 1.54) is 17.7 Å². The average Bonchev–Trinajstić information content (AvgIpc) is 3.57. The van der Waals surface area contributed by atoms with Gasteiger partial charge in [0.25, 0.3) is 0 Å². The van der Waals surface area contributed by atoms with Crippen molar-refractivity contribution < 1.29 is 28.1 Å². The Hall–Kier alpha value is -3.58. The molecule has 2 aromatic heterocycles. The number of nitrogens with zero attached hydrogens (tertiary/aromatic N) is 6. The molecule has 0 spiro atoms. The second kappa shape index (κ2) is 11.7. The van der Waals surface area contributed by atoms with Crippen LogP contribution in [0.1, 0.15) is 40.0 Å². The van der Waals surface area contributed by atoms with E-state index >= 15 is 4.39 Å². The van der Waals surface area contributed by atoms with E-state index in [2.05, 4.69) is 20.2 Å². The summed E-state index contributed by atoms with van der Waals surface area (Å²) in [6.07, 6.45) is 1.60. The molecule has 2 fully saturated rings. The van der Waals surface area contributed by atoms with Gasteiger partial charge in [-0.25, -0.2) is 19.2 Å². The van der Waals surface area contributed by atoms with E-state index in [-0.39, 0.29) is 12.8 Å². The van der Waals surface area contributed by atoms with E-state index < -0.39 is 29.9 Å². The third-order valence-electron chi connectivity index (χ3n) is 7.30. The number of anilines is 1. The number of rotatable bonds is 8. The van der Waals surface area contributed by atoms with Gasteiger partial charge in [0.05, 0.1) is 30.5 Å². The molecule has 1 amide bonds. The van der Waals surface area contributed by atoms with Crippen LogP contribution in [-0.2, 0) is 9.47 Å². The summed E-state index contributed by atoms with van der Waals surface area (Å²) < 4.78 is 37.8. The topological polar surface area (TPSA) is 112 Å². The van der Waals surface area contributed by atoms with Crippen molar-refractivity contribution in [1.82, 2.24) is 25.1 Å². The monoisotopic (exact) mass is 586 g/mol. The van der Waals surface area contributed by atoms with Crippen molar-refractivity contribution >= 4 is 22.6 Å². The van der Waals surface area contributed by atoms with Crippen LogP contribution < -0.4 is 14.4 Å². The average molecular weight is 587 g/mol. The van der Waals surface area contributed by atoms with Gasteiger partial charge in [0.15, 0.2) is 11.8 Å². The molecular weight excluding hydrogens is 551 g/mol. The molecular formula is C28H35FN6O5S.